The van der Waals surface area contributed by atoms with Gasteiger partial charge in [0.15, 0.2) is 0 Å². The Kier molecular flexibility index (Phi) is 6.72. The third-order valence-corrected chi connectivity index (χ3v) is 3.98. The molecule has 0 unspecified atom stereocenters. The van der Waals surface area contributed by atoms with Gasteiger partial charge < -0.3 is 15.7 Å². The molecule has 0 aromatic rings. The van der Waals surface area contributed by atoms with Crippen LogP contribution in [-0.4, -0.2) is 49.0 Å². The molecule has 1 fully saturated rings. The topological polar surface area (TPSA) is 66.6 Å². The molecule has 0 spiro atoms. The molecule has 1 saturated heterocycles. The van der Waals surface area contributed by atoms with Gasteiger partial charge in [0, 0.05) is 6.54 Å². The van der Waals surface area contributed by atoms with E-state index in [-0.39, 0.29) is 0 Å². The molecule has 1 rings (SSSR count). The first kappa shape index (κ1) is 15.5. The van der Waals surface area contributed by atoms with Crippen molar-refractivity contribution in [3.8, 4) is 0 Å². The van der Waals surface area contributed by atoms with Gasteiger partial charge in [-0.3, -0.25) is 4.79 Å². The van der Waals surface area contributed by atoms with Crippen LogP contribution in [0.25, 0.3) is 0 Å². The lowest BCUT2D eigenvalue weighted by Gasteiger charge is -2.31. The third-order valence-electron chi connectivity index (χ3n) is 3.98. The van der Waals surface area contributed by atoms with Crippen LogP contribution in [0.5, 0.6) is 0 Å². The van der Waals surface area contributed by atoms with E-state index in [0.717, 1.165) is 38.8 Å². The minimum atomic E-state index is -1.02. The summed E-state index contributed by atoms with van der Waals surface area (Å²) in [5.41, 5.74) is 5.05. The second-order valence-corrected chi connectivity index (χ2v) is 5.57. The molecule has 1 aliphatic rings. The summed E-state index contributed by atoms with van der Waals surface area (Å²) in [5.74, 6) is -0.837. The standard InChI is InChI=1S/C13H27BN2O2/c14-8-3-2-6-13(15,12(17)18)7-11-16-9-4-1-5-10-16/h1-11,14-15H2,(H,17,18)/t13-/m1/s1. The number of unbranched alkanes of at least 4 members (excludes halogenated alkanes) is 1. The van der Waals surface area contributed by atoms with Gasteiger partial charge >= 0.3 is 5.97 Å². The van der Waals surface area contributed by atoms with Crippen molar-refractivity contribution >= 4 is 13.8 Å². The number of rotatable bonds is 8. The predicted molar refractivity (Wildman–Crippen MR) is 76.7 cm³/mol. The predicted octanol–water partition coefficient (Wildman–Crippen LogP) is 0.866. The van der Waals surface area contributed by atoms with Gasteiger partial charge in [-0.1, -0.05) is 25.6 Å². The van der Waals surface area contributed by atoms with E-state index in [0.29, 0.717) is 12.8 Å². The van der Waals surface area contributed by atoms with E-state index < -0.39 is 11.5 Å². The van der Waals surface area contributed by atoms with Crippen LogP contribution in [0.15, 0.2) is 0 Å². The van der Waals surface area contributed by atoms with E-state index in [2.05, 4.69) is 12.7 Å². The molecule has 0 bridgehead atoms. The second-order valence-electron chi connectivity index (χ2n) is 5.57. The number of nitrogens with zero attached hydrogens (tertiary/aromatic N) is 1. The van der Waals surface area contributed by atoms with E-state index >= 15 is 0 Å². The highest BCUT2D eigenvalue weighted by Gasteiger charge is 2.33. The van der Waals surface area contributed by atoms with Crippen molar-refractivity contribution < 1.29 is 9.90 Å². The average molecular weight is 254 g/mol. The zero-order valence-corrected chi connectivity index (χ0v) is 11.7. The van der Waals surface area contributed by atoms with Gasteiger partial charge in [-0.25, -0.2) is 0 Å². The van der Waals surface area contributed by atoms with Gasteiger partial charge in [-0.15, -0.1) is 0 Å². The fourth-order valence-electron chi connectivity index (χ4n) is 2.57. The fraction of sp³-hybridized carbons (Fsp3) is 0.923. The van der Waals surface area contributed by atoms with Gasteiger partial charge in [0.2, 0.25) is 0 Å². The summed E-state index contributed by atoms with van der Waals surface area (Å²) in [4.78, 5) is 13.7. The summed E-state index contributed by atoms with van der Waals surface area (Å²) in [6.45, 7) is 3.03. The molecule has 3 N–H and O–H groups in total. The highest BCUT2D eigenvalue weighted by atomic mass is 16.4. The Labute approximate surface area is 111 Å². The lowest BCUT2D eigenvalue weighted by molar-refractivity contribution is -0.144. The van der Waals surface area contributed by atoms with E-state index in [1.165, 1.54) is 19.3 Å². The quantitative estimate of drug-likeness (QED) is 0.498. The number of likely N-dealkylation sites (tertiary alicyclic amines) is 1. The van der Waals surface area contributed by atoms with Crippen molar-refractivity contribution in [3.05, 3.63) is 0 Å². The molecular weight excluding hydrogens is 227 g/mol. The van der Waals surface area contributed by atoms with Crippen LogP contribution in [-0.2, 0) is 4.79 Å². The van der Waals surface area contributed by atoms with Gasteiger partial charge in [0.05, 0.1) is 0 Å². The molecule has 0 aromatic carbocycles. The summed E-state index contributed by atoms with van der Waals surface area (Å²) in [7, 11) is 2.12. The minimum absolute atomic E-state index is 0.575. The van der Waals surface area contributed by atoms with Gasteiger partial charge in [-0.05, 0) is 38.8 Å². The maximum absolute atomic E-state index is 11.3. The average Bonchev–Trinajstić information content (AvgIpc) is 2.38. The molecule has 1 aliphatic heterocycles. The van der Waals surface area contributed by atoms with Crippen molar-refractivity contribution in [2.45, 2.75) is 56.8 Å². The monoisotopic (exact) mass is 254 g/mol. The summed E-state index contributed by atoms with van der Waals surface area (Å²) in [6, 6.07) is 0. The van der Waals surface area contributed by atoms with Crippen molar-refractivity contribution in [3.63, 3.8) is 0 Å². The summed E-state index contributed by atoms with van der Waals surface area (Å²) in [6.07, 6.45) is 8.04. The fourth-order valence-corrected chi connectivity index (χ4v) is 2.57. The first-order valence-corrected chi connectivity index (χ1v) is 7.33. The summed E-state index contributed by atoms with van der Waals surface area (Å²) in [5, 5.41) is 9.32. The molecule has 1 atom stereocenters. The molecule has 0 aromatic heterocycles. The van der Waals surface area contributed by atoms with Gasteiger partial charge in [0.25, 0.3) is 0 Å². The number of carboxylic acid groups (broad SMARTS) is 1. The Morgan fingerprint density at radius 1 is 1.22 bits per heavy atom. The Morgan fingerprint density at radius 3 is 2.44 bits per heavy atom. The van der Waals surface area contributed by atoms with Crippen LogP contribution in [0.1, 0.15) is 44.9 Å². The Balaban J connectivity index is 2.37. The SMILES string of the molecule is BCCCC[C@@](N)(CCN1CCCCC1)C(=O)O. The van der Waals surface area contributed by atoms with E-state index in [1.807, 2.05) is 0 Å². The van der Waals surface area contributed by atoms with Crippen LogP contribution in [0, 0.1) is 0 Å². The van der Waals surface area contributed by atoms with E-state index in [1.54, 1.807) is 0 Å². The Morgan fingerprint density at radius 2 is 1.89 bits per heavy atom. The van der Waals surface area contributed by atoms with Crippen LogP contribution < -0.4 is 5.73 Å². The normalized spacial score (nSPS) is 20.5. The lowest BCUT2D eigenvalue weighted by atomic mass is 9.87. The smallest absolute Gasteiger partial charge is 0.323 e. The molecule has 0 aliphatic carbocycles. The molecule has 104 valence electrons. The van der Waals surface area contributed by atoms with Crippen molar-refractivity contribution in [2.75, 3.05) is 19.6 Å². The maximum atomic E-state index is 11.3. The van der Waals surface area contributed by atoms with Crippen LogP contribution in [0.4, 0.5) is 0 Å². The molecule has 0 amide bonds. The molecule has 5 heteroatoms. The molecule has 0 saturated carbocycles. The van der Waals surface area contributed by atoms with Gasteiger partial charge in [0.1, 0.15) is 13.4 Å². The second kappa shape index (κ2) is 7.79. The Hall–Kier alpha value is -0.545. The maximum Gasteiger partial charge on any atom is 0.323 e. The number of nitrogens with two attached hydrogens (primary N) is 1. The number of aliphatic carboxylic acids is 1. The van der Waals surface area contributed by atoms with Crippen molar-refractivity contribution in [1.29, 1.82) is 0 Å². The summed E-state index contributed by atoms with van der Waals surface area (Å²) < 4.78 is 0. The highest BCUT2D eigenvalue weighted by Crippen LogP contribution is 2.19. The molecular formula is C13H27BN2O2. The minimum Gasteiger partial charge on any atom is -0.480 e. The molecule has 0 radical (unpaired) electrons. The van der Waals surface area contributed by atoms with Gasteiger partial charge in [-0.2, -0.15) is 0 Å². The summed E-state index contributed by atoms with van der Waals surface area (Å²) >= 11 is 0. The molecule has 4 nitrogen and oxygen atoms in total. The number of carboxylic acids is 1. The third kappa shape index (κ3) is 4.98. The van der Waals surface area contributed by atoms with E-state index in [9.17, 15) is 9.90 Å². The zero-order chi connectivity index (χ0) is 13.4. The zero-order valence-electron chi connectivity index (χ0n) is 11.7. The first-order valence-electron chi connectivity index (χ1n) is 7.33. The number of hydrogen-bond acceptors (Lipinski definition) is 3. The van der Waals surface area contributed by atoms with Crippen LogP contribution in [0.3, 0.4) is 0 Å². The number of piperidine rings is 1. The lowest BCUT2D eigenvalue weighted by Crippen LogP contribution is -2.50. The molecule has 18 heavy (non-hydrogen) atoms. The largest absolute Gasteiger partial charge is 0.480 e. The van der Waals surface area contributed by atoms with Crippen molar-refractivity contribution in [2.24, 2.45) is 5.73 Å². The molecule has 1 heterocycles. The van der Waals surface area contributed by atoms with Crippen LogP contribution >= 0.6 is 0 Å². The Bertz CT molecular complexity index is 257. The number of carbonyl (C=O) groups is 1. The first-order chi connectivity index (χ1) is 8.58. The van der Waals surface area contributed by atoms with Crippen molar-refractivity contribution in [1.82, 2.24) is 4.90 Å². The van der Waals surface area contributed by atoms with E-state index in [4.69, 9.17) is 5.73 Å². The highest BCUT2D eigenvalue weighted by molar-refractivity contribution is 6.08. The van der Waals surface area contributed by atoms with Crippen LogP contribution in [0.2, 0.25) is 6.32 Å². The number of hydrogen-bond donors (Lipinski definition) is 2.